The van der Waals surface area contributed by atoms with Gasteiger partial charge >= 0.3 is 0 Å². The average Bonchev–Trinajstić information content (AvgIpc) is 2.40. The summed E-state index contributed by atoms with van der Waals surface area (Å²) in [6, 6.07) is 12.6. The average molecular weight is 264 g/mol. The minimum absolute atomic E-state index is 0.00347. The molecular weight excluding hydrogens is 250 g/mol. The summed E-state index contributed by atoms with van der Waals surface area (Å²) in [5, 5.41) is 9.67. The number of aliphatic hydroxyl groups excluding tert-OH is 1. The van der Waals surface area contributed by atoms with Crippen molar-refractivity contribution in [1.29, 1.82) is 0 Å². The summed E-state index contributed by atoms with van der Waals surface area (Å²) in [5.74, 6) is 0.695. The van der Waals surface area contributed by atoms with Crippen LogP contribution in [-0.2, 0) is 13.2 Å². The molecule has 0 unspecified atom stereocenters. The molecule has 0 heterocycles. The molecule has 4 heteroatoms. The summed E-state index contributed by atoms with van der Waals surface area (Å²) in [6.45, 7) is 0.345. The molecule has 0 aliphatic heterocycles. The molecule has 0 bridgehead atoms. The molecule has 2 rings (SSSR count). The van der Waals surface area contributed by atoms with Crippen LogP contribution in [0.2, 0.25) is 5.02 Å². The first-order chi connectivity index (χ1) is 8.69. The molecule has 3 N–H and O–H groups in total. The molecule has 0 radical (unpaired) electrons. The van der Waals surface area contributed by atoms with Crippen molar-refractivity contribution >= 4 is 17.3 Å². The third kappa shape index (κ3) is 3.15. The van der Waals surface area contributed by atoms with E-state index in [4.69, 9.17) is 27.2 Å². The van der Waals surface area contributed by atoms with Gasteiger partial charge in [-0.05, 0) is 35.9 Å². The van der Waals surface area contributed by atoms with Gasteiger partial charge in [0.15, 0.2) is 0 Å². The highest BCUT2D eigenvalue weighted by Gasteiger charge is 2.02. The predicted molar refractivity (Wildman–Crippen MR) is 72.6 cm³/mol. The maximum absolute atomic E-state index is 9.03. The van der Waals surface area contributed by atoms with Crippen LogP contribution in [0.25, 0.3) is 0 Å². The van der Waals surface area contributed by atoms with Gasteiger partial charge in [0, 0.05) is 16.3 Å². The zero-order chi connectivity index (χ0) is 13.0. The van der Waals surface area contributed by atoms with Crippen LogP contribution in [0.1, 0.15) is 11.1 Å². The van der Waals surface area contributed by atoms with Crippen LogP contribution in [0.15, 0.2) is 42.5 Å². The lowest BCUT2D eigenvalue weighted by atomic mass is 10.2. The molecule has 0 fully saturated rings. The molecule has 0 amide bonds. The Bertz CT molecular complexity index is 543. The summed E-state index contributed by atoms with van der Waals surface area (Å²) < 4.78 is 5.62. The Morgan fingerprint density at radius 1 is 1.17 bits per heavy atom. The first kappa shape index (κ1) is 12.7. The van der Waals surface area contributed by atoms with Crippen molar-refractivity contribution in [2.24, 2.45) is 0 Å². The Kier molecular flexibility index (Phi) is 4.07. The molecule has 94 valence electrons. The van der Waals surface area contributed by atoms with Crippen molar-refractivity contribution in [3.8, 4) is 5.75 Å². The van der Waals surface area contributed by atoms with E-state index in [2.05, 4.69) is 0 Å². The molecule has 0 saturated heterocycles. The van der Waals surface area contributed by atoms with Crippen molar-refractivity contribution in [2.45, 2.75) is 13.2 Å². The van der Waals surface area contributed by atoms with Crippen molar-refractivity contribution in [1.82, 2.24) is 0 Å². The minimum Gasteiger partial charge on any atom is -0.489 e. The number of ether oxygens (including phenoxy) is 1. The first-order valence-corrected chi connectivity index (χ1v) is 5.93. The quantitative estimate of drug-likeness (QED) is 0.834. The highest BCUT2D eigenvalue weighted by Crippen LogP contribution is 2.21. The molecule has 18 heavy (non-hydrogen) atoms. The number of halogens is 1. The van der Waals surface area contributed by atoms with E-state index in [1.165, 1.54) is 0 Å². The van der Waals surface area contributed by atoms with Gasteiger partial charge in [0.05, 0.1) is 6.61 Å². The van der Waals surface area contributed by atoms with Crippen molar-refractivity contribution in [3.05, 3.63) is 58.6 Å². The number of nitrogens with two attached hydrogens (primary N) is 1. The molecule has 0 saturated carbocycles. The van der Waals surface area contributed by atoms with E-state index in [1.54, 1.807) is 24.3 Å². The van der Waals surface area contributed by atoms with Crippen LogP contribution in [-0.4, -0.2) is 5.11 Å². The normalized spacial score (nSPS) is 10.3. The summed E-state index contributed by atoms with van der Waals surface area (Å²) in [5.41, 5.74) is 8.14. The van der Waals surface area contributed by atoms with Crippen LogP contribution in [0.4, 0.5) is 5.69 Å². The molecule has 0 aliphatic carbocycles. The van der Waals surface area contributed by atoms with Crippen LogP contribution in [0.5, 0.6) is 5.75 Å². The van der Waals surface area contributed by atoms with Gasteiger partial charge in [-0.3, -0.25) is 0 Å². The minimum atomic E-state index is -0.00347. The molecular formula is C14H14ClNO2. The lowest BCUT2D eigenvalue weighted by molar-refractivity contribution is 0.278. The summed E-state index contributed by atoms with van der Waals surface area (Å²) in [6.07, 6.45) is 0. The molecule has 2 aromatic rings. The molecule has 3 nitrogen and oxygen atoms in total. The molecule has 0 spiro atoms. The van der Waals surface area contributed by atoms with Crippen LogP contribution >= 0.6 is 11.6 Å². The maximum atomic E-state index is 9.03. The second-order valence-corrected chi connectivity index (χ2v) is 4.37. The third-order valence-corrected chi connectivity index (χ3v) is 2.82. The van der Waals surface area contributed by atoms with E-state index in [0.29, 0.717) is 23.1 Å². The molecule has 0 aromatic heterocycles. The standard InChI is InChI=1S/C14H14ClNO2/c15-12-4-5-14(16)11(7-12)9-18-13-3-1-2-10(6-13)8-17/h1-7,17H,8-9,16H2. The number of hydrogen-bond acceptors (Lipinski definition) is 3. The monoisotopic (exact) mass is 263 g/mol. The predicted octanol–water partition coefficient (Wildman–Crippen LogP) is 2.99. The van der Waals surface area contributed by atoms with Gasteiger partial charge in [0.2, 0.25) is 0 Å². The van der Waals surface area contributed by atoms with Crippen molar-refractivity contribution in [2.75, 3.05) is 5.73 Å². The lowest BCUT2D eigenvalue weighted by Crippen LogP contribution is -2.00. The summed E-state index contributed by atoms with van der Waals surface area (Å²) in [7, 11) is 0. The Labute approximate surface area is 111 Å². The third-order valence-electron chi connectivity index (χ3n) is 2.58. The molecule has 2 aromatic carbocycles. The van der Waals surface area contributed by atoms with Gasteiger partial charge < -0.3 is 15.6 Å². The van der Waals surface area contributed by atoms with Gasteiger partial charge in [-0.25, -0.2) is 0 Å². The van der Waals surface area contributed by atoms with Gasteiger partial charge in [0.1, 0.15) is 12.4 Å². The van der Waals surface area contributed by atoms with Crippen LogP contribution < -0.4 is 10.5 Å². The van der Waals surface area contributed by atoms with Crippen LogP contribution in [0, 0.1) is 0 Å². The van der Waals surface area contributed by atoms with Gasteiger partial charge in [-0.15, -0.1) is 0 Å². The highest BCUT2D eigenvalue weighted by molar-refractivity contribution is 6.30. The van der Waals surface area contributed by atoms with Gasteiger partial charge in [-0.1, -0.05) is 23.7 Å². The second-order valence-electron chi connectivity index (χ2n) is 3.94. The number of hydrogen-bond donors (Lipinski definition) is 2. The Morgan fingerprint density at radius 2 is 2.00 bits per heavy atom. The fourth-order valence-corrected chi connectivity index (χ4v) is 1.79. The number of rotatable bonds is 4. The van der Waals surface area contributed by atoms with Crippen molar-refractivity contribution in [3.63, 3.8) is 0 Å². The molecule has 0 atom stereocenters. The first-order valence-electron chi connectivity index (χ1n) is 5.55. The Balaban J connectivity index is 2.08. The summed E-state index contributed by atoms with van der Waals surface area (Å²) >= 11 is 5.90. The number of aliphatic hydroxyl groups is 1. The van der Waals surface area contributed by atoms with Gasteiger partial charge in [0.25, 0.3) is 0 Å². The van der Waals surface area contributed by atoms with Crippen LogP contribution in [0.3, 0.4) is 0 Å². The van der Waals surface area contributed by atoms with E-state index < -0.39 is 0 Å². The van der Waals surface area contributed by atoms with E-state index in [0.717, 1.165) is 11.1 Å². The smallest absolute Gasteiger partial charge is 0.120 e. The lowest BCUT2D eigenvalue weighted by Gasteiger charge is -2.09. The Morgan fingerprint density at radius 3 is 2.78 bits per heavy atom. The maximum Gasteiger partial charge on any atom is 0.120 e. The number of nitrogen functional groups attached to an aromatic ring is 1. The fourth-order valence-electron chi connectivity index (χ4n) is 1.59. The number of anilines is 1. The Hall–Kier alpha value is -1.71. The second kappa shape index (κ2) is 5.76. The zero-order valence-corrected chi connectivity index (χ0v) is 10.5. The number of benzene rings is 2. The molecule has 0 aliphatic rings. The van der Waals surface area contributed by atoms with E-state index in [9.17, 15) is 0 Å². The van der Waals surface area contributed by atoms with Crippen molar-refractivity contribution < 1.29 is 9.84 Å². The topological polar surface area (TPSA) is 55.5 Å². The van der Waals surface area contributed by atoms with Gasteiger partial charge in [-0.2, -0.15) is 0 Å². The van der Waals surface area contributed by atoms with E-state index in [-0.39, 0.29) is 6.61 Å². The van der Waals surface area contributed by atoms with E-state index in [1.807, 2.05) is 18.2 Å². The summed E-state index contributed by atoms with van der Waals surface area (Å²) in [4.78, 5) is 0. The fraction of sp³-hybridized carbons (Fsp3) is 0.143. The highest BCUT2D eigenvalue weighted by atomic mass is 35.5. The van der Waals surface area contributed by atoms with E-state index >= 15 is 0 Å². The zero-order valence-electron chi connectivity index (χ0n) is 9.77. The largest absolute Gasteiger partial charge is 0.489 e. The SMILES string of the molecule is Nc1ccc(Cl)cc1COc1cccc(CO)c1.